The van der Waals surface area contributed by atoms with Gasteiger partial charge in [-0.05, 0) is 147 Å². The smallest absolute Gasteiger partial charge is 0.281 e. The van der Waals surface area contributed by atoms with Gasteiger partial charge in [-0.25, -0.2) is 38.2 Å². The van der Waals surface area contributed by atoms with Crippen LogP contribution in [0.5, 0.6) is 46.3 Å². The summed E-state index contributed by atoms with van der Waals surface area (Å²) < 4.78 is 115. The molecule has 89 heavy (non-hydrogen) atoms. The standard InChI is InChI=1S/C36H35FN4O6S.C30H30FN3O6S.3H2/c1-22(2)20-45-28-18-26(17-27(37)19-28)30-14-13-29(36(39-30)47-33-23(3)9-8-10-24(33)4)35(42)41-48(43,44)32-16-15-31(34(38)40-32)46-21-25-11-6-5-7-12-25;1-17(2)16-39-23-14-21(13-22(31)15-23)25-10-9-24(30(33-25)40-28-18(3)7-6-8-19(28)4)29(36)34-41(37,38)27-12-11-26(35)20(5)32-27;;;/h5-19,22H,20-21H2,1-4H3,(H2,38,40)(H,41,42);6-15,17,35H,16H2,1-5H3,(H,34,36);3*1H. The summed E-state index contributed by atoms with van der Waals surface area (Å²) >= 11 is 0. The Kier molecular flexibility index (Phi) is 20.6. The average molecular weight is 1260 g/mol. The summed E-state index contributed by atoms with van der Waals surface area (Å²) in [5.74, 6) is -1.72. The highest BCUT2D eigenvalue weighted by molar-refractivity contribution is 7.90. The minimum atomic E-state index is -4.50. The lowest BCUT2D eigenvalue weighted by Crippen LogP contribution is -2.31. The van der Waals surface area contributed by atoms with E-state index in [1.165, 1.54) is 73.7 Å². The summed E-state index contributed by atoms with van der Waals surface area (Å²) in [6.07, 6.45) is 0. The molecule has 0 unspecified atom stereocenters. The topological polar surface area (TPSA) is 270 Å². The Hall–Kier alpha value is -10.0. The number of benzene rings is 5. The van der Waals surface area contributed by atoms with E-state index in [0.29, 0.717) is 47.3 Å². The number of sulfonamides is 2. The van der Waals surface area contributed by atoms with Crippen LogP contribution in [-0.2, 0) is 26.7 Å². The molecule has 0 spiro atoms. The summed E-state index contributed by atoms with van der Waals surface area (Å²) in [4.78, 5) is 43.7. The van der Waals surface area contributed by atoms with Gasteiger partial charge >= 0.3 is 0 Å². The monoisotopic (exact) mass is 1260 g/mol. The van der Waals surface area contributed by atoms with E-state index in [-0.39, 0.29) is 80.0 Å². The number of aromatic nitrogens is 4. The molecular weight excluding hydrogens is 1180 g/mol. The molecule has 0 saturated heterocycles. The fraction of sp³-hybridized carbons (Fsp3) is 0.212. The maximum absolute atomic E-state index is 14.6. The number of nitrogens with zero attached hydrogens (tertiary/aromatic N) is 4. The number of nitrogen functional groups attached to an aromatic ring is 1. The van der Waals surface area contributed by atoms with Crippen molar-refractivity contribution in [1.29, 1.82) is 0 Å². The first-order chi connectivity index (χ1) is 42.2. The molecule has 19 nitrogen and oxygen atoms in total. The van der Waals surface area contributed by atoms with E-state index in [0.717, 1.165) is 33.9 Å². The van der Waals surface area contributed by atoms with Gasteiger partial charge in [0.1, 0.15) is 58.1 Å². The van der Waals surface area contributed by atoms with Gasteiger partial charge in [0.15, 0.2) is 21.6 Å². The number of hydrogen-bond donors (Lipinski definition) is 4. The highest BCUT2D eigenvalue weighted by Gasteiger charge is 2.28. The van der Waals surface area contributed by atoms with Crippen LogP contribution in [0.25, 0.3) is 22.5 Å². The molecule has 0 aliphatic carbocycles. The van der Waals surface area contributed by atoms with Gasteiger partial charge in [-0.15, -0.1) is 0 Å². The predicted octanol–water partition coefficient (Wildman–Crippen LogP) is 13.6. The first-order valence-corrected chi connectivity index (χ1v) is 30.8. The molecule has 9 aromatic rings. The van der Waals surface area contributed by atoms with Crippen LogP contribution >= 0.6 is 0 Å². The molecule has 0 aliphatic heterocycles. The normalized spacial score (nSPS) is 11.3. The van der Waals surface area contributed by atoms with Gasteiger partial charge < -0.3 is 34.5 Å². The van der Waals surface area contributed by atoms with Crippen molar-refractivity contribution in [2.45, 2.75) is 79.0 Å². The molecule has 0 aliphatic rings. The first kappa shape index (κ1) is 65.0. The fourth-order valence-corrected chi connectivity index (χ4v) is 10.4. The second-order valence-electron chi connectivity index (χ2n) is 21.4. The zero-order chi connectivity index (χ0) is 64.3. The van der Waals surface area contributed by atoms with Gasteiger partial charge in [0.2, 0.25) is 11.8 Å². The highest BCUT2D eigenvalue weighted by atomic mass is 32.2. The Bertz CT molecular complexity index is 4310. The largest absolute Gasteiger partial charge is 0.506 e. The second kappa shape index (κ2) is 28.2. The lowest BCUT2D eigenvalue weighted by Gasteiger charge is -2.16. The van der Waals surface area contributed by atoms with Crippen LogP contribution in [0.3, 0.4) is 0 Å². The van der Waals surface area contributed by atoms with Crippen molar-refractivity contribution < 1.29 is 68.3 Å². The molecule has 0 radical (unpaired) electrons. The van der Waals surface area contributed by atoms with E-state index in [4.69, 9.17) is 29.4 Å². The number of rotatable bonds is 21. The number of nitrogens with one attached hydrogen (secondary N) is 2. The number of amides is 2. The van der Waals surface area contributed by atoms with Gasteiger partial charge in [-0.1, -0.05) is 94.4 Å². The van der Waals surface area contributed by atoms with Gasteiger partial charge in [0, 0.05) is 27.5 Å². The lowest BCUT2D eigenvalue weighted by molar-refractivity contribution is 0.0969. The number of carbonyl (C=O) groups excluding carboxylic acids is 2. The SMILES string of the molecule is Cc1cccc(C)c1Oc1nc(-c2cc(F)cc(OCC(C)C)c2)ccc1C(=O)NS(=O)(=O)c1ccc(O)c(C)n1.Cc1cccc(C)c1Oc1nc(-c2cc(F)cc(OCC(C)C)c2)ccc1C(=O)NS(=O)(=O)c1ccc(OCc2ccccc2)c(N)n1.[HH].[HH].[HH]. The van der Waals surface area contributed by atoms with Gasteiger partial charge in [-0.3, -0.25) is 9.59 Å². The minimum absolute atomic E-state index is 0. The summed E-state index contributed by atoms with van der Waals surface area (Å²) in [6.45, 7) is 17.6. The van der Waals surface area contributed by atoms with Crippen LogP contribution in [0.1, 0.15) is 86.2 Å². The number of ether oxygens (including phenoxy) is 5. The van der Waals surface area contributed by atoms with E-state index in [1.807, 2.05) is 132 Å². The third-order valence-corrected chi connectivity index (χ3v) is 15.5. The quantitative estimate of drug-likeness (QED) is 0.0520. The van der Waals surface area contributed by atoms with E-state index in [1.54, 1.807) is 12.1 Å². The molecule has 5 aromatic carbocycles. The predicted molar refractivity (Wildman–Crippen MR) is 338 cm³/mol. The Balaban J connectivity index is 0.000000327. The van der Waals surface area contributed by atoms with Gasteiger partial charge in [0.05, 0.1) is 30.3 Å². The molecule has 4 heterocycles. The number of aryl methyl sites for hydroxylation is 5. The molecular formula is C66H71F2N7O12S2. The third kappa shape index (κ3) is 17.0. The van der Waals surface area contributed by atoms with E-state index >= 15 is 0 Å². The number of nitrogens with two attached hydrogens (primary N) is 1. The number of carbonyl (C=O) groups is 2. The lowest BCUT2D eigenvalue weighted by atomic mass is 10.1. The van der Waals surface area contributed by atoms with Crippen molar-refractivity contribution in [1.82, 2.24) is 29.4 Å². The summed E-state index contributed by atoms with van der Waals surface area (Å²) in [7, 11) is -8.91. The van der Waals surface area contributed by atoms with Crippen LogP contribution in [-0.4, -0.2) is 66.9 Å². The molecule has 0 bridgehead atoms. The Morgan fingerprint density at radius 3 is 1.40 bits per heavy atom. The van der Waals surface area contributed by atoms with E-state index in [9.17, 15) is 40.3 Å². The Morgan fingerprint density at radius 2 is 0.978 bits per heavy atom. The van der Waals surface area contributed by atoms with Crippen molar-refractivity contribution in [3.8, 4) is 68.8 Å². The van der Waals surface area contributed by atoms with Crippen LogP contribution in [0.4, 0.5) is 14.6 Å². The third-order valence-electron chi connectivity index (χ3n) is 13.1. The second-order valence-corrected chi connectivity index (χ2v) is 24.7. The molecule has 0 fully saturated rings. The van der Waals surface area contributed by atoms with Crippen molar-refractivity contribution in [3.05, 3.63) is 208 Å². The maximum atomic E-state index is 14.6. The summed E-state index contributed by atoms with van der Waals surface area (Å²) in [5, 5.41) is 8.76. The zero-order valence-electron chi connectivity index (χ0n) is 50.1. The van der Waals surface area contributed by atoms with Crippen LogP contribution in [0.15, 0.2) is 162 Å². The summed E-state index contributed by atoms with van der Waals surface area (Å²) in [5.41, 5.74) is 10.9. The summed E-state index contributed by atoms with van der Waals surface area (Å²) in [6, 6.07) is 39.1. The Morgan fingerprint density at radius 1 is 0.539 bits per heavy atom. The van der Waals surface area contributed by atoms with Crippen LogP contribution in [0, 0.1) is 58.1 Å². The van der Waals surface area contributed by atoms with E-state index in [2.05, 4.69) is 19.9 Å². The average Bonchev–Trinajstić information content (AvgIpc) is 0.883. The molecule has 468 valence electrons. The van der Waals surface area contributed by atoms with E-state index < -0.39 is 53.5 Å². The number of aromatic hydroxyl groups is 1. The molecule has 2 amide bonds. The fourth-order valence-electron chi connectivity index (χ4n) is 8.52. The van der Waals surface area contributed by atoms with Gasteiger partial charge in [-0.2, -0.15) is 16.8 Å². The van der Waals surface area contributed by atoms with Crippen molar-refractivity contribution in [3.63, 3.8) is 0 Å². The number of anilines is 1. The number of para-hydroxylation sites is 2. The van der Waals surface area contributed by atoms with Gasteiger partial charge in [0.25, 0.3) is 31.9 Å². The molecule has 5 N–H and O–H groups in total. The molecule has 23 heteroatoms. The molecule has 9 rings (SSSR count). The van der Waals surface area contributed by atoms with Crippen LogP contribution in [0.2, 0.25) is 0 Å². The highest BCUT2D eigenvalue weighted by Crippen LogP contribution is 2.36. The zero-order valence-corrected chi connectivity index (χ0v) is 51.7. The molecule has 4 aromatic heterocycles. The van der Waals surface area contributed by atoms with Crippen LogP contribution < -0.4 is 38.9 Å². The van der Waals surface area contributed by atoms with Crippen molar-refractivity contribution in [2.75, 3.05) is 18.9 Å². The number of pyridine rings is 4. The van der Waals surface area contributed by atoms with Crippen molar-refractivity contribution >= 4 is 37.7 Å². The first-order valence-electron chi connectivity index (χ1n) is 27.9. The van der Waals surface area contributed by atoms with Crippen molar-refractivity contribution in [2.24, 2.45) is 11.8 Å². The minimum Gasteiger partial charge on any atom is -0.506 e. The molecule has 0 saturated carbocycles. The number of hydrogen-bond acceptors (Lipinski definition) is 17. The number of halogens is 2. The Labute approximate surface area is 519 Å². The molecule has 0 atom stereocenters. The maximum Gasteiger partial charge on any atom is 0.281 e.